The second kappa shape index (κ2) is 5.04. The highest BCUT2D eigenvalue weighted by molar-refractivity contribution is 5.81. The van der Waals surface area contributed by atoms with E-state index in [4.69, 9.17) is 5.11 Å². The summed E-state index contributed by atoms with van der Waals surface area (Å²) in [4.78, 5) is 25.0. The van der Waals surface area contributed by atoms with Gasteiger partial charge in [-0.15, -0.1) is 0 Å². The Kier molecular flexibility index (Phi) is 3.66. The Hall–Kier alpha value is -1.10. The molecular weight excluding hydrogens is 220 g/mol. The average Bonchev–Trinajstić information content (AvgIpc) is 2.71. The van der Waals surface area contributed by atoms with Crippen molar-refractivity contribution in [2.75, 3.05) is 19.6 Å². The van der Waals surface area contributed by atoms with Gasteiger partial charge in [0.25, 0.3) is 0 Å². The normalized spacial score (nSPS) is 33.7. The van der Waals surface area contributed by atoms with Crippen LogP contribution in [0.1, 0.15) is 26.2 Å². The second-order valence-corrected chi connectivity index (χ2v) is 5.05. The molecule has 0 radical (unpaired) electrons. The lowest BCUT2D eigenvalue weighted by atomic mass is 9.97. The van der Waals surface area contributed by atoms with Gasteiger partial charge in [0.2, 0.25) is 5.91 Å². The van der Waals surface area contributed by atoms with Crippen LogP contribution in [0.5, 0.6) is 0 Å². The number of hydrogen-bond donors (Lipinski definition) is 2. The van der Waals surface area contributed by atoms with Crippen molar-refractivity contribution in [3.05, 3.63) is 0 Å². The topological polar surface area (TPSA) is 69.6 Å². The van der Waals surface area contributed by atoms with Crippen molar-refractivity contribution in [1.29, 1.82) is 0 Å². The lowest BCUT2D eigenvalue weighted by Crippen LogP contribution is -2.45. The molecule has 2 rings (SSSR count). The van der Waals surface area contributed by atoms with Gasteiger partial charge in [-0.3, -0.25) is 9.59 Å². The van der Waals surface area contributed by atoms with Gasteiger partial charge in [-0.1, -0.05) is 0 Å². The standard InChI is InChI=1S/C12H20N2O3/c1-8-10(12(16)17)4-6-14(8)11(15)9-3-2-5-13-7-9/h8-10,13H,2-7H2,1H3,(H,16,17)/t8?,9-,10?/m1/s1. The first-order valence-corrected chi connectivity index (χ1v) is 6.35. The van der Waals surface area contributed by atoms with E-state index < -0.39 is 11.9 Å². The summed E-state index contributed by atoms with van der Waals surface area (Å²) in [6, 6.07) is -0.165. The Labute approximate surface area is 101 Å². The summed E-state index contributed by atoms with van der Waals surface area (Å²) in [6.07, 6.45) is 2.54. The third-order valence-electron chi connectivity index (χ3n) is 4.00. The Bertz CT molecular complexity index is 313. The van der Waals surface area contributed by atoms with Gasteiger partial charge in [0, 0.05) is 19.1 Å². The third-order valence-corrected chi connectivity index (χ3v) is 4.00. The molecule has 0 aromatic carbocycles. The largest absolute Gasteiger partial charge is 0.481 e. The van der Waals surface area contributed by atoms with Crippen LogP contribution in [0.3, 0.4) is 0 Å². The van der Waals surface area contributed by atoms with Crippen molar-refractivity contribution in [2.45, 2.75) is 32.2 Å². The number of nitrogens with zero attached hydrogens (tertiary/aromatic N) is 1. The number of aliphatic carboxylic acids is 1. The summed E-state index contributed by atoms with van der Waals surface area (Å²) >= 11 is 0. The molecule has 2 heterocycles. The summed E-state index contributed by atoms with van der Waals surface area (Å²) in [5.74, 6) is -1.00. The van der Waals surface area contributed by atoms with E-state index in [2.05, 4.69) is 5.32 Å². The number of carbonyl (C=O) groups excluding carboxylic acids is 1. The molecule has 2 fully saturated rings. The summed E-state index contributed by atoms with van der Waals surface area (Å²) in [5, 5.41) is 12.3. The predicted molar refractivity (Wildman–Crippen MR) is 62.5 cm³/mol. The minimum absolute atomic E-state index is 0.0405. The number of likely N-dealkylation sites (tertiary alicyclic amines) is 1. The number of piperidine rings is 1. The van der Waals surface area contributed by atoms with Crippen LogP contribution in [-0.4, -0.2) is 47.6 Å². The van der Waals surface area contributed by atoms with Crippen LogP contribution in [0.15, 0.2) is 0 Å². The summed E-state index contributed by atoms with van der Waals surface area (Å²) in [5.41, 5.74) is 0. The maximum absolute atomic E-state index is 12.3. The molecule has 3 atom stereocenters. The van der Waals surface area contributed by atoms with Crippen LogP contribution < -0.4 is 5.32 Å². The molecule has 0 bridgehead atoms. The smallest absolute Gasteiger partial charge is 0.308 e. The molecule has 96 valence electrons. The van der Waals surface area contributed by atoms with Crippen LogP contribution in [0.25, 0.3) is 0 Å². The van der Waals surface area contributed by atoms with E-state index in [1.165, 1.54) is 0 Å². The zero-order valence-electron chi connectivity index (χ0n) is 10.2. The fourth-order valence-electron chi connectivity index (χ4n) is 2.88. The van der Waals surface area contributed by atoms with Crippen LogP contribution in [0.4, 0.5) is 0 Å². The van der Waals surface area contributed by atoms with Gasteiger partial charge in [-0.2, -0.15) is 0 Å². The van der Waals surface area contributed by atoms with Crippen LogP contribution in [0.2, 0.25) is 0 Å². The Morgan fingerprint density at radius 2 is 2.12 bits per heavy atom. The molecule has 0 spiro atoms. The molecule has 2 saturated heterocycles. The van der Waals surface area contributed by atoms with Gasteiger partial charge in [0.1, 0.15) is 0 Å². The van der Waals surface area contributed by atoms with Crippen LogP contribution in [0, 0.1) is 11.8 Å². The number of carbonyl (C=O) groups is 2. The minimum atomic E-state index is -0.783. The van der Waals surface area contributed by atoms with Gasteiger partial charge >= 0.3 is 5.97 Å². The molecule has 2 aliphatic heterocycles. The van der Waals surface area contributed by atoms with Gasteiger partial charge in [0.05, 0.1) is 11.8 Å². The first-order valence-electron chi connectivity index (χ1n) is 6.35. The highest BCUT2D eigenvalue weighted by atomic mass is 16.4. The van der Waals surface area contributed by atoms with Gasteiger partial charge in [-0.05, 0) is 32.7 Å². The first kappa shape index (κ1) is 12.4. The fraction of sp³-hybridized carbons (Fsp3) is 0.833. The van der Waals surface area contributed by atoms with Crippen molar-refractivity contribution in [3.8, 4) is 0 Å². The highest BCUT2D eigenvalue weighted by Gasteiger charge is 2.40. The van der Waals surface area contributed by atoms with Crippen LogP contribution in [-0.2, 0) is 9.59 Å². The molecule has 2 N–H and O–H groups in total. The molecule has 2 unspecified atom stereocenters. The molecule has 5 heteroatoms. The van der Waals surface area contributed by atoms with E-state index in [0.717, 1.165) is 25.9 Å². The Morgan fingerprint density at radius 1 is 1.35 bits per heavy atom. The molecular formula is C12H20N2O3. The Morgan fingerprint density at radius 3 is 2.65 bits per heavy atom. The molecule has 0 aliphatic carbocycles. The number of nitrogens with one attached hydrogen (secondary N) is 1. The summed E-state index contributed by atoms with van der Waals surface area (Å²) in [7, 11) is 0. The molecule has 1 amide bonds. The quantitative estimate of drug-likeness (QED) is 0.728. The third kappa shape index (κ3) is 2.44. The van der Waals surface area contributed by atoms with Crippen molar-refractivity contribution < 1.29 is 14.7 Å². The summed E-state index contributed by atoms with van der Waals surface area (Å²) < 4.78 is 0. The van der Waals surface area contributed by atoms with E-state index in [0.29, 0.717) is 13.0 Å². The number of carboxylic acids is 1. The van der Waals surface area contributed by atoms with E-state index >= 15 is 0 Å². The van der Waals surface area contributed by atoms with Gasteiger partial charge in [-0.25, -0.2) is 0 Å². The van der Waals surface area contributed by atoms with Gasteiger partial charge < -0.3 is 15.3 Å². The number of rotatable bonds is 2. The molecule has 5 nitrogen and oxygen atoms in total. The van der Waals surface area contributed by atoms with Crippen molar-refractivity contribution in [3.63, 3.8) is 0 Å². The van der Waals surface area contributed by atoms with Crippen LogP contribution >= 0.6 is 0 Å². The zero-order valence-corrected chi connectivity index (χ0v) is 10.2. The SMILES string of the molecule is CC1C(C(=O)O)CCN1C(=O)[C@@H]1CCCNC1. The first-order chi connectivity index (χ1) is 8.11. The second-order valence-electron chi connectivity index (χ2n) is 5.05. The molecule has 0 aromatic rings. The predicted octanol–water partition coefficient (Wildman–Crippen LogP) is 0.308. The van der Waals surface area contributed by atoms with Crippen molar-refractivity contribution in [2.24, 2.45) is 11.8 Å². The van der Waals surface area contributed by atoms with E-state index in [1.54, 1.807) is 4.90 Å². The highest BCUT2D eigenvalue weighted by Crippen LogP contribution is 2.27. The Balaban J connectivity index is 1.98. The van der Waals surface area contributed by atoms with Crippen molar-refractivity contribution in [1.82, 2.24) is 10.2 Å². The van der Waals surface area contributed by atoms with E-state index in [-0.39, 0.29) is 17.9 Å². The van der Waals surface area contributed by atoms with Gasteiger partial charge in [0.15, 0.2) is 0 Å². The fourth-order valence-corrected chi connectivity index (χ4v) is 2.88. The number of carboxylic acid groups (broad SMARTS) is 1. The summed E-state index contributed by atoms with van der Waals surface area (Å²) in [6.45, 7) is 4.16. The maximum Gasteiger partial charge on any atom is 0.308 e. The molecule has 0 saturated carbocycles. The monoisotopic (exact) mass is 240 g/mol. The molecule has 0 aromatic heterocycles. The average molecular weight is 240 g/mol. The minimum Gasteiger partial charge on any atom is -0.481 e. The van der Waals surface area contributed by atoms with E-state index in [1.807, 2.05) is 6.92 Å². The lowest BCUT2D eigenvalue weighted by molar-refractivity contribution is -0.143. The van der Waals surface area contributed by atoms with E-state index in [9.17, 15) is 9.59 Å². The molecule has 17 heavy (non-hydrogen) atoms. The number of amides is 1. The number of hydrogen-bond acceptors (Lipinski definition) is 3. The lowest BCUT2D eigenvalue weighted by Gasteiger charge is -2.30. The maximum atomic E-state index is 12.3. The zero-order chi connectivity index (χ0) is 12.4. The molecule has 2 aliphatic rings. The van der Waals surface area contributed by atoms with Crippen molar-refractivity contribution >= 4 is 11.9 Å².